The molecule has 0 saturated heterocycles. The van der Waals surface area contributed by atoms with Crippen molar-refractivity contribution in [3.63, 3.8) is 0 Å². The fourth-order valence-electron chi connectivity index (χ4n) is 2.39. The second-order valence-electron chi connectivity index (χ2n) is 7.04. The van der Waals surface area contributed by atoms with E-state index < -0.39 is 41.8 Å². The second kappa shape index (κ2) is 15.4. The normalized spacial score (nSPS) is 14.0. The maximum Gasteiger partial charge on any atom is 0.326 e. The molecule has 168 valence electrons. The Balaban J connectivity index is 4.74. The summed E-state index contributed by atoms with van der Waals surface area (Å²) in [5, 5.41) is 16.7. The first-order valence-corrected chi connectivity index (χ1v) is 12.2. The van der Waals surface area contributed by atoms with Gasteiger partial charge in [0.2, 0.25) is 17.7 Å². The molecule has 0 heterocycles. The van der Waals surface area contributed by atoms with Crippen LogP contribution in [-0.4, -0.2) is 77.5 Å². The summed E-state index contributed by atoms with van der Waals surface area (Å²) in [5.41, 5.74) is 5.84. The second-order valence-corrected chi connectivity index (χ2v) is 9.01. The molecule has 0 rings (SSSR count). The van der Waals surface area contributed by atoms with Gasteiger partial charge in [0.15, 0.2) is 0 Å². The molecule has 3 amide bonds. The van der Waals surface area contributed by atoms with Gasteiger partial charge in [-0.1, -0.05) is 13.8 Å². The molecule has 0 aromatic heterocycles. The molecule has 0 aromatic rings. The SMILES string of the molecule is CSCCC(N)C(=O)NC(CCSC)C(=O)NCC(=O)NC(CC(C)C)C(=O)O. The lowest BCUT2D eigenvalue weighted by Gasteiger charge is -2.21. The molecular formula is C18H34N4O5S2. The van der Waals surface area contributed by atoms with Gasteiger partial charge in [0.25, 0.3) is 0 Å². The average molecular weight is 451 g/mol. The van der Waals surface area contributed by atoms with Crippen LogP contribution in [0.2, 0.25) is 0 Å². The van der Waals surface area contributed by atoms with Crippen LogP contribution in [0.1, 0.15) is 33.1 Å². The van der Waals surface area contributed by atoms with Gasteiger partial charge < -0.3 is 26.8 Å². The van der Waals surface area contributed by atoms with Crippen LogP contribution in [0.5, 0.6) is 0 Å². The highest BCUT2D eigenvalue weighted by Gasteiger charge is 2.25. The van der Waals surface area contributed by atoms with Gasteiger partial charge in [0, 0.05) is 0 Å². The maximum absolute atomic E-state index is 12.4. The molecule has 0 radical (unpaired) electrons. The number of nitrogens with two attached hydrogens (primary N) is 1. The lowest BCUT2D eigenvalue weighted by molar-refractivity contribution is -0.142. The highest BCUT2D eigenvalue weighted by atomic mass is 32.2. The van der Waals surface area contributed by atoms with Crippen molar-refractivity contribution in [2.45, 2.75) is 51.2 Å². The summed E-state index contributed by atoms with van der Waals surface area (Å²) in [6.45, 7) is 3.34. The lowest BCUT2D eigenvalue weighted by atomic mass is 10.0. The number of carbonyl (C=O) groups excluding carboxylic acids is 3. The Morgan fingerprint density at radius 1 is 0.931 bits per heavy atom. The monoisotopic (exact) mass is 450 g/mol. The third kappa shape index (κ3) is 12.7. The van der Waals surface area contributed by atoms with Gasteiger partial charge in [0.05, 0.1) is 12.6 Å². The number of carboxylic acids is 1. The molecule has 9 nitrogen and oxygen atoms in total. The Morgan fingerprint density at radius 3 is 2.03 bits per heavy atom. The Hall–Kier alpha value is -1.46. The quantitative estimate of drug-likeness (QED) is 0.235. The van der Waals surface area contributed by atoms with E-state index in [0.29, 0.717) is 18.6 Å². The van der Waals surface area contributed by atoms with Gasteiger partial charge in [-0.05, 0) is 49.2 Å². The number of thioether (sulfide) groups is 2. The van der Waals surface area contributed by atoms with Gasteiger partial charge in [0.1, 0.15) is 12.1 Å². The highest BCUT2D eigenvalue weighted by Crippen LogP contribution is 2.05. The number of carbonyl (C=O) groups is 4. The van der Waals surface area contributed by atoms with Crippen LogP contribution < -0.4 is 21.7 Å². The van der Waals surface area contributed by atoms with Crippen LogP contribution in [0.3, 0.4) is 0 Å². The summed E-state index contributed by atoms with van der Waals surface area (Å²) in [4.78, 5) is 47.9. The molecule has 29 heavy (non-hydrogen) atoms. The van der Waals surface area contributed by atoms with Crippen LogP contribution in [0.25, 0.3) is 0 Å². The van der Waals surface area contributed by atoms with Crippen LogP contribution >= 0.6 is 23.5 Å². The molecule has 0 aliphatic rings. The van der Waals surface area contributed by atoms with Crippen molar-refractivity contribution in [2.24, 2.45) is 11.7 Å². The summed E-state index contributed by atoms with van der Waals surface area (Å²) in [6.07, 6.45) is 4.98. The summed E-state index contributed by atoms with van der Waals surface area (Å²) in [7, 11) is 0. The molecule has 0 spiro atoms. The van der Waals surface area contributed by atoms with Crippen LogP contribution in [0.4, 0.5) is 0 Å². The Morgan fingerprint density at radius 2 is 1.52 bits per heavy atom. The van der Waals surface area contributed by atoms with Crippen LogP contribution in [-0.2, 0) is 19.2 Å². The Kier molecular flexibility index (Phi) is 14.6. The van der Waals surface area contributed by atoms with E-state index in [1.165, 1.54) is 11.8 Å². The largest absolute Gasteiger partial charge is 0.480 e. The van der Waals surface area contributed by atoms with Gasteiger partial charge in [-0.3, -0.25) is 14.4 Å². The molecule has 0 aliphatic carbocycles. The molecule has 3 unspecified atom stereocenters. The number of hydrogen-bond donors (Lipinski definition) is 5. The highest BCUT2D eigenvalue weighted by molar-refractivity contribution is 7.98. The minimum Gasteiger partial charge on any atom is -0.480 e. The third-order valence-electron chi connectivity index (χ3n) is 3.98. The topological polar surface area (TPSA) is 151 Å². The van der Waals surface area contributed by atoms with Crippen molar-refractivity contribution in [1.29, 1.82) is 0 Å². The molecule has 0 aromatic carbocycles. The average Bonchev–Trinajstić information content (AvgIpc) is 2.66. The Bertz CT molecular complexity index is 548. The number of hydrogen-bond acceptors (Lipinski definition) is 7. The molecule has 3 atom stereocenters. The van der Waals surface area contributed by atoms with Crippen molar-refractivity contribution < 1.29 is 24.3 Å². The van der Waals surface area contributed by atoms with Crippen molar-refractivity contribution in [3.05, 3.63) is 0 Å². The van der Waals surface area contributed by atoms with E-state index in [1.54, 1.807) is 11.8 Å². The van der Waals surface area contributed by atoms with Crippen LogP contribution in [0, 0.1) is 5.92 Å². The van der Waals surface area contributed by atoms with E-state index >= 15 is 0 Å². The molecule has 0 bridgehead atoms. The fraction of sp³-hybridized carbons (Fsp3) is 0.778. The third-order valence-corrected chi connectivity index (χ3v) is 5.26. The van der Waals surface area contributed by atoms with E-state index in [2.05, 4.69) is 16.0 Å². The predicted molar refractivity (Wildman–Crippen MR) is 118 cm³/mol. The van der Waals surface area contributed by atoms with E-state index in [-0.39, 0.29) is 18.9 Å². The summed E-state index contributed by atoms with van der Waals surface area (Å²) >= 11 is 3.11. The van der Waals surface area contributed by atoms with Crippen LogP contribution in [0.15, 0.2) is 0 Å². The van der Waals surface area contributed by atoms with Crippen molar-refractivity contribution >= 4 is 47.2 Å². The van der Waals surface area contributed by atoms with Gasteiger partial charge in [-0.25, -0.2) is 4.79 Å². The summed E-state index contributed by atoms with van der Waals surface area (Å²) in [5.74, 6) is -1.17. The van der Waals surface area contributed by atoms with E-state index in [4.69, 9.17) is 5.73 Å². The fourth-order valence-corrected chi connectivity index (χ4v) is 3.35. The molecule has 0 aliphatic heterocycles. The number of carboxylic acid groups (broad SMARTS) is 1. The van der Waals surface area contributed by atoms with E-state index in [9.17, 15) is 24.3 Å². The standard InChI is InChI=1S/C18H34N4O5S2/c1-11(2)9-14(18(26)27)21-15(23)10-20-17(25)13(6-8-29-4)22-16(24)12(19)5-7-28-3/h11-14H,5-10,19H2,1-4H3,(H,20,25)(H,21,23)(H,22,24)(H,26,27). The molecule has 11 heteroatoms. The first kappa shape index (κ1) is 27.5. The zero-order valence-corrected chi connectivity index (χ0v) is 19.2. The zero-order chi connectivity index (χ0) is 22.4. The number of nitrogens with one attached hydrogen (secondary N) is 3. The minimum atomic E-state index is -1.12. The molecule has 0 saturated carbocycles. The molecule has 6 N–H and O–H groups in total. The van der Waals surface area contributed by atoms with E-state index in [1.807, 2.05) is 26.4 Å². The molecular weight excluding hydrogens is 416 g/mol. The van der Waals surface area contributed by atoms with Gasteiger partial charge in [-0.15, -0.1) is 0 Å². The maximum atomic E-state index is 12.4. The van der Waals surface area contributed by atoms with Gasteiger partial charge in [-0.2, -0.15) is 23.5 Å². The predicted octanol–water partition coefficient (Wildman–Crippen LogP) is 0.0364. The lowest BCUT2D eigenvalue weighted by Crippen LogP contribution is -2.53. The first-order valence-electron chi connectivity index (χ1n) is 9.46. The number of rotatable bonds is 15. The smallest absolute Gasteiger partial charge is 0.326 e. The van der Waals surface area contributed by atoms with Crippen molar-refractivity contribution in [3.8, 4) is 0 Å². The van der Waals surface area contributed by atoms with Crippen molar-refractivity contribution in [2.75, 3.05) is 30.6 Å². The van der Waals surface area contributed by atoms with Gasteiger partial charge >= 0.3 is 5.97 Å². The number of amides is 3. The van der Waals surface area contributed by atoms with E-state index in [0.717, 1.165) is 5.75 Å². The summed E-state index contributed by atoms with van der Waals surface area (Å²) in [6, 6.07) is -2.53. The number of aliphatic carboxylic acids is 1. The minimum absolute atomic E-state index is 0.0902. The first-order chi connectivity index (χ1) is 13.6. The van der Waals surface area contributed by atoms with Crippen molar-refractivity contribution in [1.82, 2.24) is 16.0 Å². The Labute approximate surface area is 181 Å². The summed E-state index contributed by atoms with van der Waals surface area (Å²) < 4.78 is 0. The zero-order valence-electron chi connectivity index (χ0n) is 17.5. The molecule has 0 fully saturated rings.